The van der Waals surface area contributed by atoms with E-state index in [9.17, 15) is 4.79 Å². The van der Waals surface area contributed by atoms with Gasteiger partial charge in [-0.15, -0.1) is 0 Å². The predicted octanol–water partition coefficient (Wildman–Crippen LogP) is 2.27. The summed E-state index contributed by atoms with van der Waals surface area (Å²) < 4.78 is 1.50. The van der Waals surface area contributed by atoms with Crippen molar-refractivity contribution < 1.29 is 4.79 Å². The molecule has 0 spiro atoms. The van der Waals surface area contributed by atoms with Crippen molar-refractivity contribution in [3.63, 3.8) is 0 Å². The Bertz CT molecular complexity index is 401. The molecular weight excluding hydrogens is 214 g/mol. The number of imidazole rings is 1. The Balaban J connectivity index is 1.60. The number of rotatable bonds is 2. The Kier molecular flexibility index (Phi) is 2.65. The number of hydrogen-bond donors (Lipinski definition) is 1. The first-order valence-corrected chi connectivity index (χ1v) is 6.53. The molecule has 2 saturated carbocycles. The van der Waals surface area contributed by atoms with Crippen LogP contribution in [0, 0.1) is 17.8 Å². The molecule has 1 N–H and O–H groups in total. The molecule has 1 amide bonds. The van der Waals surface area contributed by atoms with Gasteiger partial charge in [-0.3, -0.25) is 4.57 Å². The van der Waals surface area contributed by atoms with Gasteiger partial charge in [0, 0.05) is 18.4 Å². The molecule has 0 saturated heterocycles. The minimum atomic E-state index is -0.0576. The van der Waals surface area contributed by atoms with Crippen LogP contribution in [0.1, 0.15) is 32.6 Å². The SMILES string of the molecule is C[C@@H](NC(=O)n1ccnc1)[C@H]1C[C@@H]2CC[C@@H]1C2. The van der Waals surface area contributed by atoms with Gasteiger partial charge >= 0.3 is 6.03 Å². The van der Waals surface area contributed by atoms with Gasteiger partial charge in [-0.2, -0.15) is 0 Å². The standard InChI is InChI=1S/C13H19N3O/c1-9(12-7-10-2-3-11(12)6-10)15-13(17)16-5-4-14-8-16/h4-5,8-12H,2-3,6-7H2,1H3,(H,15,17)/t9-,10-,11-,12-/m1/s1. The second-order valence-corrected chi connectivity index (χ2v) is 5.55. The highest BCUT2D eigenvalue weighted by atomic mass is 16.2. The number of fused-ring (bicyclic) bond motifs is 2. The van der Waals surface area contributed by atoms with Gasteiger partial charge in [0.25, 0.3) is 0 Å². The maximum atomic E-state index is 11.9. The van der Waals surface area contributed by atoms with E-state index in [1.165, 1.54) is 30.3 Å². The maximum Gasteiger partial charge on any atom is 0.327 e. The van der Waals surface area contributed by atoms with Crippen LogP contribution in [0.25, 0.3) is 0 Å². The Morgan fingerprint density at radius 2 is 2.35 bits per heavy atom. The molecule has 4 atom stereocenters. The van der Waals surface area contributed by atoms with Crippen LogP contribution >= 0.6 is 0 Å². The fourth-order valence-corrected chi connectivity index (χ4v) is 3.66. The molecule has 0 aliphatic heterocycles. The molecule has 4 nitrogen and oxygen atoms in total. The quantitative estimate of drug-likeness (QED) is 0.851. The molecule has 2 fully saturated rings. The molecule has 1 heterocycles. The number of amides is 1. The topological polar surface area (TPSA) is 46.9 Å². The van der Waals surface area contributed by atoms with Crippen LogP contribution in [0.3, 0.4) is 0 Å². The maximum absolute atomic E-state index is 11.9. The van der Waals surface area contributed by atoms with Crippen molar-refractivity contribution >= 4 is 6.03 Å². The van der Waals surface area contributed by atoms with Crippen molar-refractivity contribution in [1.82, 2.24) is 14.9 Å². The lowest BCUT2D eigenvalue weighted by Gasteiger charge is -2.28. The van der Waals surface area contributed by atoms with E-state index in [4.69, 9.17) is 0 Å². The fraction of sp³-hybridized carbons (Fsp3) is 0.692. The minimum absolute atomic E-state index is 0.0576. The van der Waals surface area contributed by atoms with Gasteiger partial charge in [0.15, 0.2) is 0 Å². The van der Waals surface area contributed by atoms with Crippen molar-refractivity contribution in [1.29, 1.82) is 0 Å². The summed E-state index contributed by atoms with van der Waals surface area (Å²) in [5.74, 6) is 2.46. The number of aromatic nitrogens is 2. The van der Waals surface area contributed by atoms with E-state index in [0.29, 0.717) is 5.92 Å². The summed E-state index contributed by atoms with van der Waals surface area (Å²) in [6.07, 6.45) is 10.3. The highest BCUT2D eigenvalue weighted by Gasteiger charge is 2.42. The first-order chi connectivity index (χ1) is 8.24. The zero-order valence-corrected chi connectivity index (χ0v) is 10.2. The zero-order valence-electron chi connectivity index (χ0n) is 10.2. The summed E-state index contributed by atoms with van der Waals surface area (Å²) in [5.41, 5.74) is 0. The number of nitrogens with one attached hydrogen (secondary N) is 1. The first kappa shape index (κ1) is 10.8. The lowest BCUT2D eigenvalue weighted by molar-refractivity contribution is 0.221. The van der Waals surface area contributed by atoms with Gasteiger partial charge < -0.3 is 5.32 Å². The summed E-state index contributed by atoms with van der Waals surface area (Å²) in [6.45, 7) is 2.14. The van der Waals surface area contributed by atoms with Gasteiger partial charge in [-0.1, -0.05) is 6.42 Å². The van der Waals surface area contributed by atoms with E-state index in [2.05, 4.69) is 17.2 Å². The van der Waals surface area contributed by atoms with Crippen molar-refractivity contribution in [3.05, 3.63) is 18.7 Å². The van der Waals surface area contributed by atoms with E-state index in [1.807, 2.05) is 0 Å². The Hall–Kier alpha value is -1.32. The van der Waals surface area contributed by atoms with Gasteiger partial charge in [0.2, 0.25) is 0 Å². The second-order valence-electron chi connectivity index (χ2n) is 5.55. The first-order valence-electron chi connectivity index (χ1n) is 6.53. The molecule has 0 unspecified atom stereocenters. The summed E-state index contributed by atoms with van der Waals surface area (Å²) in [4.78, 5) is 15.8. The third-order valence-electron chi connectivity index (χ3n) is 4.53. The Morgan fingerprint density at radius 1 is 1.47 bits per heavy atom. The van der Waals surface area contributed by atoms with Gasteiger partial charge in [-0.05, 0) is 43.9 Å². The van der Waals surface area contributed by atoms with Crippen LogP contribution in [0.4, 0.5) is 4.79 Å². The van der Waals surface area contributed by atoms with E-state index in [-0.39, 0.29) is 12.1 Å². The van der Waals surface area contributed by atoms with Crippen molar-refractivity contribution in [3.8, 4) is 0 Å². The van der Waals surface area contributed by atoms with Crippen molar-refractivity contribution in [2.24, 2.45) is 17.8 Å². The molecule has 1 aromatic heterocycles. The molecule has 3 rings (SSSR count). The van der Waals surface area contributed by atoms with E-state index in [0.717, 1.165) is 11.8 Å². The summed E-state index contributed by atoms with van der Waals surface area (Å²) >= 11 is 0. The molecule has 2 aliphatic carbocycles. The van der Waals surface area contributed by atoms with Crippen molar-refractivity contribution in [2.75, 3.05) is 0 Å². The van der Waals surface area contributed by atoms with Crippen molar-refractivity contribution in [2.45, 2.75) is 38.6 Å². The minimum Gasteiger partial charge on any atom is -0.335 e. The van der Waals surface area contributed by atoms with E-state index in [1.54, 1.807) is 18.7 Å². The highest BCUT2D eigenvalue weighted by molar-refractivity contribution is 5.76. The third kappa shape index (κ3) is 1.96. The van der Waals surface area contributed by atoms with Gasteiger partial charge in [-0.25, -0.2) is 9.78 Å². The normalized spacial score (nSPS) is 32.6. The molecule has 92 valence electrons. The van der Waals surface area contributed by atoms with Gasteiger partial charge in [0.05, 0.1) is 0 Å². The third-order valence-corrected chi connectivity index (χ3v) is 4.53. The van der Waals surface area contributed by atoms with Crippen LogP contribution in [0.15, 0.2) is 18.7 Å². The Labute approximate surface area is 101 Å². The average Bonchev–Trinajstić information content (AvgIpc) is 3.05. The smallest absolute Gasteiger partial charge is 0.327 e. The molecule has 1 aromatic rings. The molecule has 0 radical (unpaired) electrons. The van der Waals surface area contributed by atoms with Crippen LogP contribution < -0.4 is 5.32 Å². The Morgan fingerprint density at radius 3 is 2.94 bits per heavy atom. The van der Waals surface area contributed by atoms with Crippen LogP contribution in [-0.2, 0) is 0 Å². The molecule has 2 aliphatic rings. The van der Waals surface area contributed by atoms with E-state index < -0.39 is 0 Å². The number of carbonyl (C=O) groups excluding carboxylic acids is 1. The fourth-order valence-electron chi connectivity index (χ4n) is 3.66. The molecule has 0 aromatic carbocycles. The summed E-state index contributed by atoms with van der Waals surface area (Å²) in [5, 5.41) is 3.09. The number of nitrogens with zero attached hydrogens (tertiary/aromatic N) is 2. The molecule has 4 heteroatoms. The second kappa shape index (κ2) is 4.17. The number of carbonyl (C=O) groups is 1. The number of hydrogen-bond acceptors (Lipinski definition) is 2. The van der Waals surface area contributed by atoms with Crippen LogP contribution in [0.5, 0.6) is 0 Å². The summed E-state index contributed by atoms with van der Waals surface area (Å²) in [7, 11) is 0. The highest BCUT2D eigenvalue weighted by Crippen LogP contribution is 2.49. The molecule has 17 heavy (non-hydrogen) atoms. The monoisotopic (exact) mass is 233 g/mol. The van der Waals surface area contributed by atoms with E-state index >= 15 is 0 Å². The predicted molar refractivity (Wildman–Crippen MR) is 64.6 cm³/mol. The average molecular weight is 233 g/mol. The largest absolute Gasteiger partial charge is 0.335 e. The van der Waals surface area contributed by atoms with Crippen LogP contribution in [0.2, 0.25) is 0 Å². The van der Waals surface area contributed by atoms with Crippen LogP contribution in [-0.4, -0.2) is 21.6 Å². The molecule has 2 bridgehead atoms. The molecular formula is C13H19N3O. The lowest BCUT2D eigenvalue weighted by atomic mass is 9.84. The summed E-state index contributed by atoms with van der Waals surface area (Å²) in [6, 6.07) is 0.220. The lowest BCUT2D eigenvalue weighted by Crippen LogP contribution is -2.41. The zero-order chi connectivity index (χ0) is 11.8. The van der Waals surface area contributed by atoms with Gasteiger partial charge in [0.1, 0.15) is 6.33 Å².